The summed E-state index contributed by atoms with van der Waals surface area (Å²) < 4.78 is 0. The van der Waals surface area contributed by atoms with Crippen molar-refractivity contribution in [3.63, 3.8) is 0 Å². The van der Waals surface area contributed by atoms with Gasteiger partial charge in [-0.1, -0.05) is 39.0 Å². The normalized spacial score (nSPS) is 32.3. The number of aliphatic hydroxyl groups is 1. The van der Waals surface area contributed by atoms with Crippen molar-refractivity contribution < 1.29 is 5.11 Å². The quantitative estimate of drug-likeness (QED) is 0.827. The van der Waals surface area contributed by atoms with Crippen molar-refractivity contribution in [2.75, 3.05) is 19.6 Å². The molecule has 0 spiro atoms. The summed E-state index contributed by atoms with van der Waals surface area (Å²) in [6, 6.07) is 0. The van der Waals surface area contributed by atoms with Gasteiger partial charge in [0.05, 0.1) is 5.60 Å². The van der Waals surface area contributed by atoms with E-state index in [9.17, 15) is 5.11 Å². The molecule has 2 rings (SSSR count). The smallest absolute Gasteiger partial charge is 0.0660 e. The van der Waals surface area contributed by atoms with Gasteiger partial charge in [0.15, 0.2) is 0 Å². The number of hydrogen-bond donors (Lipinski definition) is 1. The summed E-state index contributed by atoms with van der Waals surface area (Å²) in [4.78, 5) is 2.48. The summed E-state index contributed by atoms with van der Waals surface area (Å²) in [7, 11) is 0. The molecule has 1 saturated heterocycles. The van der Waals surface area contributed by atoms with Crippen LogP contribution in [0.4, 0.5) is 0 Å². The molecule has 1 unspecified atom stereocenters. The second kappa shape index (κ2) is 6.91. The summed E-state index contributed by atoms with van der Waals surface area (Å²) in [5.41, 5.74) is -0.346. The average Bonchev–Trinajstić information content (AvgIpc) is 2.60. The monoisotopic (exact) mass is 253 g/mol. The molecule has 18 heavy (non-hydrogen) atoms. The van der Waals surface area contributed by atoms with Crippen LogP contribution in [-0.4, -0.2) is 35.2 Å². The van der Waals surface area contributed by atoms with Gasteiger partial charge in [0.25, 0.3) is 0 Å². The first-order chi connectivity index (χ1) is 8.72. The van der Waals surface area contributed by atoms with Crippen molar-refractivity contribution >= 4 is 0 Å². The minimum Gasteiger partial charge on any atom is -0.390 e. The van der Waals surface area contributed by atoms with Crippen molar-refractivity contribution in [1.82, 2.24) is 4.90 Å². The number of likely N-dealkylation sites (tertiary alicyclic amines) is 1. The molecule has 0 aromatic heterocycles. The average molecular weight is 253 g/mol. The zero-order valence-corrected chi connectivity index (χ0v) is 12.2. The van der Waals surface area contributed by atoms with Crippen LogP contribution in [-0.2, 0) is 0 Å². The molecule has 2 heteroatoms. The molecule has 0 aromatic carbocycles. The molecule has 1 N–H and O–H groups in total. The Morgan fingerprint density at radius 3 is 2.56 bits per heavy atom. The summed E-state index contributed by atoms with van der Waals surface area (Å²) >= 11 is 0. The van der Waals surface area contributed by atoms with Gasteiger partial charge in [-0.2, -0.15) is 0 Å². The Labute approximate surface area is 113 Å². The van der Waals surface area contributed by atoms with Gasteiger partial charge >= 0.3 is 0 Å². The first-order valence-electron chi connectivity index (χ1n) is 8.16. The molecule has 1 atom stereocenters. The standard InChI is InChI=1S/C16H31NO/c1-2-17-13-6-10-16(18,12-14-17)11-9-15-7-4-3-5-8-15/h15,18H,2-14H2,1H3. The second-order valence-corrected chi connectivity index (χ2v) is 6.55. The van der Waals surface area contributed by atoms with Crippen LogP contribution >= 0.6 is 0 Å². The van der Waals surface area contributed by atoms with E-state index in [1.807, 2.05) is 0 Å². The van der Waals surface area contributed by atoms with Crippen LogP contribution in [0.25, 0.3) is 0 Å². The zero-order valence-electron chi connectivity index (χ0n) is 12.2. The third kappa shape index (κ3) is 4.24. The van der Waals surface area contributed by atoms with E-state index in [1.165, 1.54) is 51.5 Å². The molecule has 0 bridgehead atoms. The van der Waals surface area contributed by atoms with Gasteiger partial charge in [-0.05, 0) is 51.1 Å². The number of nitrogens with zero attached hydrogens (tertiary/aromatic N) is 1. The highest BCUT2D eigenvalue weighted by Gasteiger charge is 2.30. The van der Waals surface area contributed by atoms with Gasteiger partial charge in [0, 0.05) is 6.54 Å². The first kappa shape index (κ1) is 14.3. The highest BCUT2D eigenvalue weighted by Crippen LogP contribution is 2.33. The van der Waals surface area contributed by atoms with E-state index >= 15 is 0 Å². The Morgan fingerprint density at radius 1 is 1.06 bits per heavy atom. The number of rotatable bonds is 4. The van der Waals surface area contributed by atoms with Gasteiger partial charge in [0.2, 0.25) is 0 Å². The van der Waals surface area contributed by atoms with E-state index in [1.54, 1.807) is 0 Å². The van der Waals surface area contributed by atoms with Gasteiger partial charge < -0.3 is 10.0 Å². The second-order valence-electron chi connectivity index (χ2n) is 6.55. The summed E-state index contributed by atoms with van der Waals surface area (Å²) in [5, 5.41) is 10.8. The molecule has 1 aliphatic carbocycles. The van der Waals surface area contributed by atoms with Crippen molar-refractivity contribution in [1.29, 1.82) is 0 Å². The maximum atomic E-state index is 10.8. The van der Waals surface area contributed by atoms with E-state index in [4.69, 9.17) is 0 Å². The van der Waals surface area contributed by atoms with E-state index in [-0.39, 0.29) is 5.60 Å². The molecular weight excluding hydrogens is 222 g/mol. The van der Waals surface area contributed by atoms with Crippen LogP contribution in [0.1, 0.15) is 71.1 Å². The van der Waals surface area contributed by atoms with Crippen molar-refractivity contribution in [2.45, 2.75) is 76.7 Å². The van der Waals surface area contributed by atoms with Crippen LogP contribution in [0, 0.1) is 5.92 Å². The largest absolute Gasteiger partial charge is 0.390 e. The predicted octanol–water partition coefficient (Wildman–Crippen LogP) is 3.58. The molecule has 2 nitrogen and oxygen atoms in total. The molecule has 0 aromatic rings. The van der Waals surface area contributed by atoms with E-state index in [0.29, 0.717) is 0 Å². The lowest BCUT2D eigenvalue weighted by atomic mass is 9.81. The lowest BCUT2D eigenvalue weighted by Crippen LogP contribution is -2.31. The Hall–Kier alpha value is -0.0800. The van der Waals surface area contributed by atoms with Crippen molar-refractivity contribution in [3.8, 4) is 0 Å². The highest BCUT2D eigenvalue weighted by molar-refractivity contribution is 4.84. The summed E-state index contributed by atoms with van der Waals surface area (Å²) in [6.45, 7) is 5.64. The summed E-state index contributed by atoms with van der Waals surface area (Å²) in [6.07, 6.45) is 12.6. The van der Waals surface area contributed by atoms with Crippen molar-refractivity contribution in [2.24, 2.45) is 5.92 Å². The maximum absolute atomic E-state index is 10.8. The third-order valence-electron chi connectivity index (χ3n) is 5.20. The van der Waals surface area contributed by atoms with E-state index in [2.05, 4.69) is 11.8 Å². The predicted molar refractivity (Wildman–Crippen MR) is 76.7 cm³/mol. The van der Waals surface area contributed by atoms with E-state index < -0.39 is 0 Å². The Kier molecular flexibility index (Phi) is 5.50. The molecular formula is C16H31NO. The van der Waals surface area contributed by atoms with Gasteiger partial charge in [-0.25, -0.2) is 0 Å². The molecule has 2 fully saturated rings. The SMILES string of the molecule is CCN1CCCC(O)(CCC2CCCCC2)CC1. The Morgan fingerprint density at radius 2 is 1.83 bits per heavy atom. The summed E-state index contributed by atoms with van der Waals surface area (Å²) in [5.74, 6) is 0.910. The van der Waals surface area contributed by atoms with Crippen molar-refractivity contribution in [3.05, 3.63) is 0 Å². The Balaban J connectivity index is 1.75. The molecule has 1 heterocycles. The molecule has 106 valence electrons. The third-order valence-corrected chi connectivity index (χ3v) is 5.20. The minimum atomic E-state index is -0.346. The molecule has 0 radical (unpaired) electrons. The van der Waals surface area contributed by atoms with Crippen LogP contribution in [0.15, 0.2) is 0 Å². The van der Waals surface area contributed by atoms with Gasteiger partial charge in [0.1, 0.15) is 0 Å². The molecule has 1 aliphatic heterocycles. The fourth-order valence-electron chi connectivity index (χ4n) is 3.75. The minimum absolute atomic E-state index is 0.346. The fraction of sp³-hybridized carbons (Fsp3) is 1.00. The highest BCUT2D eigenvalue weighted by atomic mass is 16.3. The lowest BCUT2D eigenvalue weighted by Gasteiger charge is -2.30. The van der Waals surface area contributed by atoms with Gasteiger partial charge in [-0.3, -0.25) is 0 Å². The molecule has 2 aliphatic rings. The maximum Gasteiger partial charge on any atom is 0.0660 e. The lowest BCUT2D eigenvalue weighted by molar-refractivity contribution is 0.00979. The van der Waals surface area contributed by atoms with Crippen LogP contribution in [0.2, 0.25) is 0 Å². The number of hydrogen-bond acceptors (Lipinski definition) is 2. The molecule has 0 amide bonds. The molecule has 1 saturated carbocycles. The first-order valence-corrected chi connectivity index (χ1v) is 8.16. The van der Waals surface area contributed by atoms with Gasteiger partial charge in [-0.15, -0.1) is 0 Å². The zero-order chi connectivity index (χ0) is 12.8. The van der Waals surface area contributed by atoms with Crippen LogP contribution < -0.4 is 0 Å². The van der Waals surface area contributed by atoms with Crippen LogP contribution in [0.5, 0.6) is 0 Å². The topological polar surface area (TPSA) is 23.5 Å². The fourth-order valence-corrected chi connectivity index (χ4v) is 3.75. The van der Waals surface area contributed by atoms with Crippen LogP contribution in [0.3, 0.4) is 0 Å². The van der Waals surface area contributed by atoms with E-state index in [0.717, 1.165) is 38.3 Å². The Bertz CT molecular complexity index is 237.